The molecule has 1 saturated carbocycles. The quantitative estimate of drug-likeness (QED) is 0.686. The highest BCUT2D eigenvalue weighted by atomic mass is 16.4. The number of carboxylic acid groups (broad SMARTS) is 2. The fraction of sp³-hybridized carbons (Fsp3) is 0.706. The predicted octanol–water partition coefficient (Wildman–Crippen LogP) is 0.564. The molecule has 7 heteroatoms. The highest BCUT2D eigenvalue weighted by Crippen LogP contribution is 2.35. The Kier molecular flexibility index (Phi) is 6.22. The summed E-state index contributed by atoms with van der Waals surface area (Å²) >= 11 is 0. The number of hydrogen-bond donors (Lipinski definition) is 2. The van der Waals surface area contributed by atoms with Gasteiger partial charge in [-0.2, -0.15) is 0 Å². The minimum Gasteiger partial charge on any atom is -0.480 e. The molecule has 0 aromatic rings. The van der Waals surface area contributed by atoms with Crippen molar-refractivity contribution in [2.24, 2.45) is 0 Å². The second-order valence-corrected chi connectivity index (χ2v) is 6.84. The van der Waals surface area contributed by atoms with E-state index in [1.807, 2.05) is 4.90 Å². The summed E-state index contributed by atoms with van der Waals surface area (Å²) in [6, 6.07) is 0.0243. The van der Waals surface area contributed by atoms with Crippen LogP contribution >= 0.6 is 0 Å². The molecule has 0 aromatic carbocycles. The highest BCUT2D eigenvalue weighted by molar-refractivity contribution is 5.69. The van der Waals surface area contributed by atoms with Gasteiger partial charge in [0.15, 0.2) is 0 Å². The maximum absolute atomic E-state index is 11.3. The van der Waals surface area contributed by atoms with Crippen molar-refractivity contribution in [2.75, 3.05) is 26.2 Å². The van der Waals surface area contributed by atoms with Crippen molar-refractivity contribution < 1.29 is 19.8 Å². The Hall–Kier alpha value is -1.18. The van der Waals surface area contributed by atoms with Gasteiger partial charge in [-0.1, -0.05) is 12.8 Å². The van der Waals surface area contributed by atoms with Gasteiger partial charge in [0.05, 0.1) is 13.1 Å². The van der Waals surface area contributed by atoms with E-state index in [0.29, 0.717) is 6.54 Å². The van der Waals surface area contributed by atoms with Crippen LogP contribution in [0.2, 0.25) is 0 Å². The number of fused-ring (bicyclic) bond motifs is 1. The number of hydrogen-bond acceptors (Lipinski definition) is 5. The molecule has 3 atom stereocenters. The Morgan fingerprint density at radius 3 is 2.29 bits per heavy atom. The Labute approximate surface area is 144 Å². The summed E-state index contributed by atoms with van der Waals surface area (Å²) in [5.41, 5.74) is -0.917. The van der Waals surface area contributed by atoms with E-state index in [1.165, 1.54) is 4.90 Å². The summed E-state index contributed by atoms with van der Waals surface area (Å²) < 4.78 is 0. The molecule has 0 bridgehead atoms. The molecule has 1 aliphatic carbocycles. The van der Waals surface area contributed by atoms with Crippen LogP contribution < -0.4 is 0 Å². The number of aliphatic carboxylic acids is 2. The van der Waals surface area contributed by atoms with E-state index >= 15 is 0 Å². The summed E-state index contributed by atoms with van der Waals surface area (Å²) in [6.45, 7) is 6.00. The first-order valence-electron chi connectivity index (χ1n) is 8.20. The number of carbonyl (C=O) groups is 2. The molecule has 24 heavy (non-hydrogen) atoms. The molecular formula is C17H25N3O4. The van der Waals surface area contributed by atoms with Crippen molar-refractivity contribution in [3.8, 4) is 0 Å². The van der Waals surface area contributed by atoms with Crippen molar-refractivity contribution in [3.63, 3.8) is 0 Å². The number of carboxylic acids is 2. The molecule has 2 fully saturated rings. The summed E-state index contributed by atoms with van der Waals surface area (Å²) in [4.78, 5) is 27.1. The molecule has 2 aliphatic rings. The minimum absolute atomic E-state index is 0.00602. The monoisotopic (exact) mass is 335 g/mol. The van der Waals surface area contributed by atoms with E-state index in [1.54, 1.807) is 4.90 Å². The van der Waals surface area contributed by atoms with Crippen molar-refractivity contribution in [1.82, 2.24) is 14.7 Å². The Morgan fingerprint density at radius 2 is 1.75 bits per heavy atom. The Balaban J connectivity index is 2.34. The molecule has 7 nitrogen and oxygen atoms in total. The lowest BCUT2D eigenvalue weighted by atomic mass is 9.88. The van der Waals surface area contributed by atoms with E-state index in [9.17, 15) is 14.7 Å². The van der Waals surface area contributed by atoms with Crippen LogP contribution in [0.1, 0.15) is 32.1 Å². The van der Waals surface area contributed by atoms with Gasteiger partial charge >= 0.3 is 11.9 Å². The van der Waals surface area contributed by atoms with Gasteiger partial charge in [0.25, 0.3) is 0 Å². The van der Waals surface area contributed by atoms with Crippen molar-refractivity contribution in [3.05, 3.63) is 21.0 Å². The molecule has 1 saturated heterocycles. The molecule has 1 heterocycles. The molecule has 0 amide bonds. The van der Waals surface area contributed by atoms with E-state index < -0.39 is 17.5 Å². The molecule has 0 aromatic heterocycles. The smallest absolute Gasteiger partial charge is 0.317 e. The first-order valence-corrected chi connectivity index (χ1v) is 8.20. The topological polar surface area (TPSA) is 84.3 Å². The third kappa shape index (κ3) is 4.07. The van der Waals surface area contributed by atoms with Crippen LogP contribution in [0.5, 0.6) is 0 Å². The fourth-order valence-corrected chi connectivity index (χ4v) is 4.00. The van der Waals surface area contributed by atoms with Crippen LogP contribution in [0.4, 0.5) is 0 Å². The molecule has 6 radical (unpaired) electrons. The van der Waals surface area contributed by atoms with Crippen LogP contribution in [0.3, 0.4) is 0 Å². The summed E-state index contributed by atoms with van der Waals surface area (Å²) in [7, 11) is 12.3. The van der Waals surface area contributed by atoms with E-state index in [-0.39, 0.29) is 38.1 Å². The molecule has 0 spiro atoms. The zero-order chi connectivity index (χ0) is 17.9. The molecule has 2 N–H and O–H groups in total. The molecular weight excluding hydrogens is 310 g/mol. The van der Waals surface area contributed by atoms with Gasteiger partial charge in [-0.25, -0.2) is 0 Å². The molecule has 132 valence electrons. The zero-order valence-corrected chi connectivity index (χ0v) is 13.8. The molecule has 1 aliphatic heterocycles. The third-order valence-corrected chi connectivity index (χ3v) is 5.20. The summed E-state index contributed by atoms with van der Waals surface area (Å²) in [5, 5.41) is 18.3. The SMILES string of the molecule is [CH]CC1(N([CH])CC(=O)O)CN([CH])[C@H]2CCCC[C@@H]2N(CC(=O)O)C1. The summed E-state index contributed by atoms with van der Waals surface area (Å²) in [5.74, 6) is -2.00. The van der Waals surface area contributed by atoms with E-state index in [4.69, 9.17) is 26.1 Å². The Morgan fingerprint density at radius 1 is 1.12 bits per heavy atom. The second-order valence-electron chi connectivity index (χ2n) is 6.84. The highest BCUT2D eigenvalue weighted by Gasteiger charge is 2.46. The lowest BCUT2D eigenvalue weighted by Crippen LogP contribution is -2.58. The maximum atomic E-state index is 11.3. The summed E-state index contributed by atoms with van der Waals surface area (Å²) in [6.07, 6.45) is 3.87. The van der Waals surface area contributed by atoms with Crippen LogP contribution in [0.25, 0.3) is 0 Å². The maximum Gasteiger partial charge on any atom is 0.317 e. The van der Waals surface area contributed by atoms with Gasteiger partial charge in [0.2, 0.25) is 0 Å². The van der Waals surface area contributed by atoms with Crippen molar-refractivity contribution in [2.45, 2.75) is 49.7 Å². The minimum atomic E-state index is -1.07. The van der Waals surface area contributed by atoms with Gasteiger partial charge in [0, 0.05) is 44.8 Å². The van der Waals surface area contributed by atoms with Gasteiger partial charge in [0.1, 0.15) is 0 Å². The number of nitrogens with zero attached hydrogens (tertiary/aromatic N) is 3. The van der Waals surface area contributed by atoms with E-state index in [2.05, 4.69) is 0 Å². The van der Waals surface area contributed by atoms with Crippen LogP contribution in [0.15, 0.2) is 0 Å². The van der Waals surface area contributed by atoms with Crippen molar-refractivity contribution in [1.29, 1.82) is 0 Å². The standard InChI is InChI=1S/C17H25N3O4/c1-4-17(19(3)9-15(21)22)11-18(2)13-7-5-6-8-14(13)20(12-17)10-16(23)24/h1-3,13-14H,4-12H2,(H,21,22)(H,23,24)/t13-,14-,17?/m0/s1. The average molecular weight is 335 g/mol. The van der Waals surface area contributed by atoms with E-state index in [0.717, 1.165) is 25.7 Å². The average Bonchev–Trinajstić information content (AvgIpc) is 2.63. The normalized spacial score (nSPS) is 32.3. The Bertz CT molecular complexity index is 473. The van der Waals surface area contributed by atoms with Gasteiger partial charge in [-0.05, 0) is 26.2 Å². The van der Waals surface area contributed by atoms with Crippen molar-refractivity contribution >= 4 is 11.9 Å². The zero-order valence-electron chi connectivity index (χ0n) is 13.8. The van der Waals surface area contributed by atoms with Crippen LogP contribution in [-0.4, -0.2) is 80.7 Å². The first kappa shape index (κ1) is 19.1. The van der Waals surface area contributed by atoms with Gasteiger partial charge < -0.3 is 10.2 Å². The third-order valence-electron chi connectivity index (χ3n) is 5.20. The van der Waals surface area contributed by atoms with Gasteiger partial charge in [-0.15, -0.1) is 0 Å². The largest absolute Gasteiger partial charge is 0.480 e. The fourth-order valence-electron chi connectivity index (χ4n) is 4.00. The number of rotatable bonds is 6. The van der Waals surface area contributed by atoms with Crippen LogP contribution in [-0.2, 0) is 9.59 Å². The predicted molar refractivity (Wildman–Crippen MR) is 86.5 cm³/mol. The lowest BCUT2D eigenvalue weighted by molar-refractivity contribution is -0.141. The first-order chi connectivity index (χ1) is 11.3. The molecule has 2 rings (SSSR count). The molecule has 1 unspecified atom stereocenters. The lowest BCUT2D eigenvalue weighted by Gasteiger charge is -2.43. The van der Waals surface area contributed by atoms with Gasteiger partial charge in [-0.3, -0.25) is 24.3 Å². The van der Waals surface area contributed by atoms with Crippen LogP contribution in [0, 0.1) is 21.0 Å². The second kappa shape index (κ2) is 7.80.